The second kappa shape index (κ2) is 6.88. The van der Waals surface area contributed by atoms with Gasteiger partial charge < -0.3 is 5.32 Å². The van der Waals surface area contributed by atoms with Crippen LogP contribution in [0.3, 0.4) is 0 Å². The molecule has 1 saturated heterocycles. The van der Waals surface area contributed by atoms with Gasteiger partial charge in [0, 0.05) is 22.3 Å². The highest BCUT2D eigenvalue weighted by Crippen LogP contribution is 2.28. The molecular formula is C15H15IN2O3S2. The van der Waals surface area contributed by atoms with Gasteiger partial charge in [0.05, 0.1) is 0 Å². The maximum absolute atomic E-state index is 12.7. The zero-order valence-corrected chi connectivity index (χ0v) is 15.9. The van der Waals surface area contributed by atoms with Gasteiger partial charge >= 0.3 is 0 Å². The molecule has 2 heterocycles. The van der Waals surface area contributed by atoms with Crippen LogP contribution in [-0.2, 0) is 10.0 Å². The Morgan fingerprint density at radius 1 is 1.22 bits per heavy atom. The molecule has 2 aromatic rings. The fourth-order valence-corrected chi connectivity index (χ4v) is 5.84. The third-order valence-corrected chi connectivity index (χ3v) is 7.26. The van der Waals surface area contributed by atoms with Crippen molar-refractivity contribution in [2.75, 3.05) is 18.4 Å². The summed E-state index contributed by atoms with van der Waals surface area (Å²) in [6.45, 7) is 1.05. The third kappa shape index (κ3) is 3.59. The Kier molecular flexibility index (Phi) is 5.04. The highest BCUT2D eigenvalue weighted by atomic mass is 127. The van der Waals surface area contributed by atoms with E-state index in [9.17, 15) is 13.2 Å². The lowest BCUT2D eigenvalue weighted by molar-refractivity contribution is 0.102. The van der Waals surface area contributed by atoms with Crippen LogP contribution in [0.25, 0.3) is 0 Å². The van der Waals surface area contributed by atoms with Crippen molar-refractivity contribution in [3.05, 3.63) is 44.2 Å². The molecule has 0 radical (unpaired) electrons. The Hall–Kier alpha value is -0.970. The van der Waals surface area contributed by atoms with Gasteiger partial charge in [-0.2, -0.15) is 4.31 Å². The van der Waals surface area contributed by atoms with Gasteiger partial charge in [-0.25, -0.2) is 8.42 Å². The normalized spacial score (nSPS) is 15.7. The van der Waals surface area contributed by atoms with E-state index < -0.39 is 10.0 Å². The van der Waals surface area contributed by atoms with Gasteiger partial charge in [-0.05, 0) is 65.1 Å². The highest BCUT2D eigenvalue weighted by Gasteiger charge is 2.31. The molecule has 1 amide bonds. The molecule has 0 bridgehead atoms. The summed E-state index contributed by atoms with van der Waals surface area (Å²) in [6.07, 6.45) is 1.74. The molecule has 1 N–H and O–H groups in total. The van der Waals surface area contributed by atoms with Gasteiger partial charge in [0.1, 0.15) is 9.77 Å². The van der Waals surface area contributed by atoms with Crippen molar-refractivity contribution in [2.45, 2.75) is 17.7 Å². The first-order valence-corrected chi connectivity index (χ1v) is 10.5. The quantitative estimate of drug-likeness (QED) is 0.709. The minimum atomic E-state index is -3.59. The first-order chi connectivity index (χ1) is 11.0. The lowest BCUT2D eigenvalue weighted by atomic mass is 10.3. The highest BCUT2D eigenvalue weighted by molar-refractivity contribution is 14.1. The fraction of sp³-hybridized carbons (Fsp3) is 0.267. The molecule has 3 rings (SSSR count). The van der Waals surface area contributed by atoms with E-state index in [4.69, 9.17) is 0 Å². The van der Waals surface area contributed by atoms with Crippen LogP contribution in [-0.4, -0.2) is 31.7 Å². The number of thiophene rings is 1. The van der Waals surface area contributed by atoms with Crippen LogP contribution >= 0.6 is 33.9 Å². The maximum Gasteiger partial charge on any atom is 0.267 e. The summed E-state index contributed by atoms with van der Waals surface area (Å²) in [7, 11) is -3.59. The van der Waals surface area contributed by atoms with Crippen LogP contribution in [0.5, 0.6) is 0 Å². The van der Waals surface area contributed by atoms with Crippen molar-refractivity contribution in [2.24, 2.45) is 0 Å². The number of hydrogen-bond acceptors (Lipinski definition) is 4. The predicted octanol–water partition coefficient (Wildman–Crippen LogP) is 3.39. The van der Waals surface area contributed by atoms with Crippen molar-refractivity contribution >= 4 is 55.5 Å². The SMILES string of the molecule is O=C(Nc1cccc(I)c1)c1sccc1S(=O)(=O)N1CCCC1. The van der Waals surface area contributed by atoms with Crippen LogP contribution < -0.4 is 5.32 Å². The first-order valence-electron chi connectivity index (χ1n) is 7.13. The number of anilines is 1. The summed E-state index contributed by atoms with van der Waals surface area (Å²) in [6, 6.07) is 8.89. The van der Waals surface area contributed by atoms with E-state index in [0.717, 1.165) is 27.7 Å². The topological polar surface area (TPSA) is 66.5 Å². The van der Waals surface area contributed by atoms with Crippen molar-refractivity contribution < 1.29 is 13.2 Å². The first kappa shape index (κ1) is 16.9. The summed E-state index contributed by atoms with van der Waals surface area (Å²) in [4.78, 5) is 12.8. The van der Waals surface area contributed by atoms with Gasteiger partial charge in [0.25, 0.3) is 5.91 Å². The number of halogens is 1. The average molecular weight is 462 g/mol. The second-order valence-electron chi connectivity index (χ2n) is 5.19. The molecule has 122 valence electrons. The molecule has 0 spiro atoms. The largest absolute Gasteiger partial charge is 0.321 e. The van der Waals surface area contributed by atoms with Crippen LogP contribution in [0.1, 0.15) is 22.5 Å². The Morgan fingerprint density at radius 3 is 2.65 bits per heavy atom. The summed E-state index contributed by atoms with van der Waals surface area (Å²) in [5, 5.41) is 4.42. The minimum Gasteiger partial charge on any atom is -0.321 e. The van der Waals surface area contributed by atoms with Gasteiger partial charge in [-0.1, -0.05) is 6.07 Å². The van der Waals surface area contributed by atoms with E-state index >= 15 is 0 Å². The average Bonchev–Trinajstić information content (AvgIpc) is 3.19. The Morgan fingerprint density at radius 2 is 1.96 bits per heavy atom. The number of nitrogens with one attached hydrogen (secondary N) is 1. The van der Waals surface area contributed by atoms with Gasteiger partial charge in [0.2, 0.25) is 10.0 Å². The molecule has 1 fully saturated rings. The lowest BCUT2D eigenvalue weighted by Crippen LogP contribution is -2.29. The molecule has 0 aliphatic carbocycles. The maximum atomic E-state index is 12.7. The molecule has 5 nitrogen and oxygen atoms in total. The Balaban J connectivity index is 1.87. The zero-order valence-electron chi connectivity index (χ0n) is 12.2. The molecule has 0 unspecified atom stereocenters. The number of carbonyl (C=O) groups excluding carboxylic acids is 1. The molecule has 1 aromatic carbocycles. The van der Waals surface area contributed by atoms with Gasteiger partial charge in [-0.3, -0.25) is 4.79 Å². The van der Waals surface area contributed by atoms with E-state index in [1.165, 1.54) is 10.4 Å². The van der Waals surface area contributed by atoms with Crippen molar-refractivity contribution in [1.82, 2.24) is 4.31 Å². The lowest BCUT2D eigenvalue weighted by Gasteiger charge is -2.15. The van der Waals surface area contributed by atoms with Crippen LogP contribution in [0.4, 0.5) is 5.69 Å². The van der Waals surface area contributed by atoms with Crippen LogP contribution in [0.2, 0.25) is 0 Å². The van der Waals surface area contributed by atoms with E-state index in [1.54, 1.807) is 11.4 Å². The molecule has 1 aromatic heterocycles. The van der Waals surface area contributed by atoms with E-state index in [0.29, 0.717) is 18.8 Å². The Bertz CT molecular complexity index is 827. The number of rotatable bonds is 4. The van der Waals surface area contributed by atoms with E-state index in [1.807, 2.05) is 18.2 Å². The van der Waals surface area contributed by atoms with Gasteiger partial charge in [0.15, 0.2) is 0 Å². The number of amides is 1. The minimum absolute atomic E-state index is 0.104. The summed E-state index contributed by atoms with van der Waals surface area (Å²) >= 11 is 3.31. The van der Waals surface area contributed by atoms with E-state index in [2.05, 4.69) is 27.9 Å². The third-order valence-electron chi connectivity index (χ3n) is 3.60. The summed E-state index contributed by atoms with van der Waals surface area (Å²) in [5.41, 5.74) is 0.653. The molecule has 8 heteroatoms. The van der Waals surface area contributed by atoms with Crippen LogP contribution in [0, 0.1) is 3.57 Å². The zero-order chi connectivity index (χ0) is 16.4. The smallest absolute Gasteiger partial charge is 0.267 e. The van der Waals surface area contributed by atoms with Gasteiger partial charge in [-0.15, -0.1) is 11.3 Å². The number of carbonyl (C=O) groups is 1. The van der Waals surface area contributed by atoms with Crippen LogP contribution in [0.15, 0.2) is 40.6 Å². The standard InChI is InChI=1S/C15H15IN2O3S2/c16-11-4-3-5-12(10-11)17-15(19)14-13(6-9-22-14)23(20,21)18-7-1-2-8-18/h3-6,9-10H,1-2,7-8H2,(H,17,19). The predicted molar refractivity (Wildman–Crippen MR) is 99.4 cm³/mol. The number of nitrogens with zero attached hydrogens (tertiary/aromatic N) is 1. The second-order valence-corrected chi connectivity index (χ2v) is 9.26. The van der Waals surface area contributed by atoms with E-state index in [-0.39, 0.29) is 15.7 Å². The number of benzene rings is 1. The fourth-order valence-electron chi connectivity index (χ4n) is 2.49. The monoisotopic (exact) mass is 462 g/mol. The van der Waals surface area contributed by atoms with Crippen molar-refractivity contribution in [1.29, 1.82) is 0 Å². The molecule has 0 atom stereocenters. The Labute approximate surface area is 152 Å². The molecule has 23 heavy (non-hydrogen) atoms. The molecule has 0 saturated carbocycles. The molecular weight excluding hydrogens is 447 g/mol. The van der Waals surface area contributed by atoms with Crippen molar-refractivity contribution in [3.63, 3.8) is 0 Å². The van der Waals surface area contributed by atoms with Crippen molar-refractivity contribution in [3.8, 4) is 0 Å². The number of hydrogen-bond donors (Lipinski definition) is 1. The molecule has 1 aliphatic rings. The number of sulfonamides is 1. The molecule has 1 aliphatic heterocycles. The summed E-state index contributed by atoms with van der Waals surface area (Å²) < 4.78 is 27.8. The summed E-state index contributed by atoms with van der Waals surface area (Å²) in [5.74, 6) is -0.389.